The zero-order chi connectivity index (χ0) is 13.3. The lowest BCUT2D eigenvalue weighted by Crippen LogP contribution is -2.30. The smallest absolute Gasteiger partial charge is 0.261 e. The highest BCUT2D eigenvalue weighted by Crippen LogP contribution is 2.10. The van der Waals surface area contributed by atoms with Gasteiger partial charge in [0.15, 0.2) is 0 Å². The first-order chi connectivity index (χ1) is 9.36. The number of carbonyl (C=O) groups is 1. The minimum atomic E-state index is 0.0750. The van der Waals surface area contributed by atoms with E-state index in [4.69, 9.17) is 0 Å². The fourth-order valence-electron chi connectivity index (χ4n) is 2.52. The summed E-state index contributed by atoms with van der Waals surface area (Å²) in [6, 6.07) is 3.79. The van der Waals surface area contributed by atoms with Gasteiger partial charge in [-0.3, -0.25) is 4.79 Å². The van der Waals surface area contributed by atoms with Gasteiger partial charge in [0.2, 0.25) is 0 Å². The van der Waals surface area contributed by atoms with Crippen molar-refractivity contribution in [2.45, 2.75) is 38.5 Å². The molecule has 4 heteroatoms. The van der Waals surface area contributed by atoms with Crippen molar-refractivity contribution in [2.75, 3.05) is 26.2 Å². The molecule has 2 heterocycles. The van der Waals surface area contributed by atoms with Gasteiger partial charge in [0.1, 0.15) is 0 Å². The molecule has 0 aliphatic carbocycles. The van der Waals surface area contributed by atoms with Crippen LogP contribution in [0.4, 0.5) is 0 Å². The summed E-state index contributed by atoms with van der Waals surface area (Å²) in [7, 11) is 0. The molecule has 1 aromatic rings. The summed E-state index contributed by atoms with van der Waals surface area (Å²) in [5.41, 5.74) is 0. The molecule has 1 aromatic heterocycles. The number of thiophene rings is 1. The predicted molar refractivity (Wildman–Crippen MR) is 80.8 cm³/mol. The number of carbonyl (C=O) groups excluding carboxylic acids is 1. The summed E-state index contributed by atoms with van der Waals surface area (Å²) in [5, 5.41) is 4.92. The molecule has 106 valence electrons. The van der Waals surface area contributed by atoms with Gasteiger partial charge in [-0.2, -0.15) is 0 Å². The lowest BCUT2D eigenvalue weighted by molar-refractivity contribution is 0.0957. The third-order valence-electron chi connectivity index (χ3n) is 3.63. The van der Waals surface area contributed by atoms with E-state index < -0.39 is 0 Å². The van der Waals surface area contributed by atoms with E-state index in [0.717, 1.165) is 17.8 Å². The Kier molecular flexibility index (Phi) is 6.37. The van der Waals surface area contributed by atoms with Gasteiger partial charge in [-0.25, -0.2) is 0 Å². The van der Waals surface area contributed by atoms with Gasteiger partial charge in [-0.15, -0.1) is 11.3 Å². The summed E-state index contributed by atoms with van der Waals surface area (Å²) in [6.07, 6.45) is 7.71. The van der Waals surface area contributed by atoms with Crippen molar-refractivity contribution in [3.8, 4) is 0 Å². The largest absolute Gasteiger partial charge is 0.351 e. The molecule has 0 spiro atoms. The van der Waals surface area contributed by atoms with Crippen LogP contribution in [0.1, 0.15) is 48.2 Å². The summed E-state index contributed by atoms with van der Waals surface area (Å²) in [4.78, 5) is 15.1. The number of piperidine rings is 1. The zero-order valence-corrected chi connectivity index (χ0v) is 12.4. The SMILES string of the molecule is O=C(NCCCCCN1CCCCC1)c1cccs1. The fraction of sp³-hybridized carbons (Fsp3) is 0.667. The van der Waals surface area contributed by atoms with Crippen LogP contribution in [0.5, 0.6) is 0 Å². The van der Waals surface area contributed by atoms with Crippen LogP contribution in [-0.4, -0.2) is 37.0 Å². The molecule has 2 rings (SSSR count). The molecule has 3 nitrogen and oxygen atoms in total. The first kappa shape index (κ1) is 14.5. The molecule has 1 saturated heterocycles. The Morgan fingerprint density at radius 3 is 2.79 bits per heavy atom. The van der Waals surface area contributed by atoms with Gasteiger partial charge in [0.05, 0.1) is 4.88 Å². The Labute approximate surface area is 120 Å². The first-order valence-electron chi connectivity index (χ1n) is 7.40. The highest BCUT2D eigenvalue weighted by molar-refractivity contribution is 7.12. The highest BCUT2D eigenvalue weighted by atomic mass is 32.1. The van der Waals surface area contributed by atoms with Crippen molar-refractivity contribution in [1.29, 1.82) is 0 Å². The van der Waals surface area contributed by atoms with E-state index in [1.165, 1.54) is 63.1 Å². The van der Waals surface area contributed by atoms with Gasteiger partial charge >= 0.3 is 0 Å². The molecule has 1 N–H and O–H groups in total. The van der Waals surface area contributed by atoms with E-state index in [2.05, 4.69) is 10.2 Å². The minimum Gasteiger partial charge on any atom is -0.351 e. The third-order valence-corrected chi connectivity index (χ3v) is 4.50. The van der Waals surface area contributed by atoms with Gasteiger partial charge in [-0.1, -0.05) is 18.9 Å². The molecular weight excluding hydrogens is 256 g/mol. The molecule has 0 atom stereocenters. The normalized spacial score (nSPS) is 16.4. The molecule has 1 aliphatic heterocycles. The van der Waals surface area contributed by atoms with Gasteiger partial charge in [-0.05, 0) is 56.8 Å². The maximum Gasteiger partial charge on any atom is 0.261 e. The van der Waals surface area contributed by atoms with Crippen molar-refractivity contribution in [3.05, 3.63) is 22.4 Å². The average Bonchev–Trinajstić information content (AvgIpc) is 2.98. The fourth-order valence-corrected chi connectivity index (χ4v) is 3.16. The summed E-state index contributed by atoms with van der Waals surface area (Å²) in [6.45, 7) is 4.61. The Bertz CT molecular complexity index is 358. The number of likely N-dealkylation sites (tertiary alicyclic amines) is 1. The van der Waals surface area contributed by atoms with Gasteiger partial charge in [0.25, 0.3) is 5.91 Å². The Morgan fingerprint density at radius 2 is 2.05 bits per heavy atom. The van der Waals surface area contributed by atoms with Crippen LogP contribution in [0.25, 0.3) is 0 Å². The zero-order valence-electron chi connectivity index (χ0n) is 11.6. The predicted octanol–water partition coefficient (Wildman–Crippen LogP) is 3.13. The second kappa shape index (κ2) is 8.33. The Hall–Kier alpha value is -0.870. The topological polar surface area (TPSA) is 32.3 Å². The quantitative estimate of drug-likeness (QED) is 0.778. The minimum absolute atomic E-state index is 0.0750. The molecule has 0 saturated carbocycles. The number of amides is 1. The van der Waals surface area contributed by atoms with Crippen molar-refractivity contribution in [2.24, 2.45) is 0 Å². The maximum absolute atomic E-state index is 11.7. The number of unbranched alkanes of at least 4 members (excludes halogenated alkanes) is 2. The van der Waals surface area contributed by atoms with Crippen LogP contribution >= 0.6 is 11.3 Å². The van der Waals surface area contributed by atoms with E-state index in [1.807, 2.05) is 17.5 Å². The van der Waals surface area contributed by atoms with Crippen LogP contribution in [-0.2, 0) is 0 Å². The van der Waals surface area contributed by atoms with Crippen LogP contribution < -0.4 is 5.32 Å². The number of rotatable bonds is 7. The number of nitrogens with zero attached hydrogens (tertiary/aromatic N) is 1. The second-order valence-electron chi connectivity index (χ2n) is 5.20. The monoisotopic (exact) mass is 280 g/mol. The highest BCUT2D eigenvalue weighted by Gasteiger charge is 2.09. The molecule has 0 unspecified atom stereocenters. The second-order valence-corrected chi connectivity index (χ2v) is 6.14. The van der Waals surface area contributed by atoms with Gasteiger partial charge < -0.3 is 10.2 Å². The molecule has 1 aliphatic rings. The molecular formula is C15H24N2OS. The number of nitrogens with one attached hydrogen (secondary N) is 1. The Balaban J connectivity index is 1.47. The molecule has 0 bridgehead atoms. The first-order valence-corrected chi connectivity index (χ1v) is 8.28. The standard InChI is InChI=1S/C15H24N2OS/c18-15(14-8-7-13-19-14)16-9-3-1-4-10-17-11-5-2-6-12-17/h7-8,13H,1-6,9-12H2,(H,16,18). The number of hydrogen-bond donors (Lipinski definition) is 1. The van der Waals surface area contributed by atoms with Gasteiger partial charge in [0, 0.05) is 6.54 Å². The van der Waals surface area contributed by atoms with Crippen LogP contribution in [0, 0.1) is 0 Å². The van der Waals surface area contributed by atoms with E-state index in [9.17, 15) is 4.79 Å². The molecule has 0 radical (unpaired) electrons. The summed E-state index contributed by atoms with van der Waals surface area (Å²) >= 11 is 1.50. The van der Waals surface area contributed by atoms with Crippen LogP contribution in [0.15, 0.2) is 17.5 Å². The molecule has 0 aromatic carbocycles. The molecule has 19 heavy (non-hydrogen) atoms. The lowest BCUT2D eigenvalue weighted by Gasteiger charge is -2.26. The van der Waals surface area contributed by atoms with E-state index in [0.29, 0.717) is 0 Å². The van der Waals surface area contributed by atoms with Crippen molar-refractivity contribution >= 4 is 17.2 Å². The van der Waals surface area contributed by atoms with E-state index in [1.54, 1.807) is 0 Å². The van der Waals surface area contributed by atoms with Crippen molar-refractivity contribution in [1.82, 2.24) is 10.2 Å². The third kappa shape index (κ3) is 5.33. The van der Waals surface area contributed by atoms with Crippen molar-refractivity contribution in [3.63, 3.8) is 0 Å². The summed E-state index contributed by atoms with van der Waals surface area (Å²) in [5.74, 6) is 0.0750. The number of hydrogen-bond acceptors (Lipinski definition) is 3. The summed E-state index contributed by atoms with van der Waals surface area (Å²) < 4.78 is 0. The molecule has 1 fully saturated rings. The van der Waals surface area contributed by atoms with E-state index in [-0.39, 0.29) is 5.91 Å². The van der Waals surface area contributed by atoms with Crippen LogP contribution in [0.3, 0.4) is 0 Å². The Morgan fingerprint density at radius 1 is 1.21 bits per heavy atom. The maximum atomic E-state index is 11.7. The van der Waals surface area contributed by atoms with Crippen LogP contribution in [0.2, 0.25) is 0 Å². The van der Waals surface area contributed by atoms with E-state index >= 15 is 0 Å². The van der Waals surface area contributed by atoms with Crippen molar-refractivity contribution < 1.29 is 4.79 Å². The average molecular weight is 280 g/mol. The molecule has 1 amide bonds. The lowest BCUT2D eigenvalue weighted by atomic mass is 10.1.